The molecule has 0 saturated carbocycles. The molecule has 2 aliphatic heterocycles. The number of nitrogens with zero attached hydrogens (tertiary/aromatic N) is 2. The van der Waals surface area contributed by atoms with Crippen LogP contribution >= 0.6 is 0 Å². The number of nitrogens with one attached hydrogen (secondary N) is 2. The zero-order valence-electron chi connectivity index (χ0n) is 10.5. The minimum atomic E-state index is -2.72. The number of amides is 1. The Bertz CT molecular complexity index is 580. The van der Waals surface area contributed by atoms with Crippen LogP contribution < -0.4 is 16.4 Å². The molecule has 116 valence electrons. The van der Waals surface area contributed by atoms with Crippen LogP contribution in [-0.2, 0) is 4.74 Å². The lowest BCUT2D eigenvalue weighted by Gasteiger charge is -2.29. The molecule has 5 atom stereocenters. The summed E-state index contributed by atoms with van der Waals surface area (Å²) in [5.41, 5.74) is 4.96. The van der Waals surface area contributed by atoms with Crippen molar-refractivity contribution in [3.8, 4) is 0 Å². The molecule has 1 aromatic rings. The van der Waals surface area contributed by atoms with Crippen molar-refractivity contribution in [2.45, 2.75) is 30.6 Å². The molecule has 0 bridgehead atoms. The van der Waals surface area contributed by atoms with Crippen LogP contribution in [0.25, 0.3) is 0 Å². The zero-order valence-corrected chi connectivity index (χ0v) is 10.5. The predicted octanol–water partition coefficient (Wildman–Crippen LogP) is -1.83. The predicted molar refractivity (Wildman–Crippen MR) is 63.2 cm³/mol. The molecule has 1 aromatic heterocycles. The molecular weight excluding hydrogens is 292 g/mol. The molecular formula is C10H13F2N5O4. The monoisotopic (exact) mass is 305 g/mol. The summed E-state index contributed by atoms with van der Waals surface area (Å²) in [7, 11) is 0. The molecule has 0 aromatic carbocycles. The molecule has 1 unspecified atom stereocenters. The second kappa shape index (κ2) is 4.59. The highest BCUT2D eigenvalue weighted by Gasteiger charge is 2.47. The third-order valence-electron chi connectivity index (χ3n) is 3.35. The number of rotatable bonds is 2. The van der Waals surface area contributed by atoms with E-state index in [0.717, 1.165) is 10.9 Å². The number of hydrogen-bond acceptors (Lipinski definition) is 7. The highest BCUT2D eigenvalue weighted by atomic mass is 19.2. The Morgan fingerprint density at radius 2 is 2.29 bits per heavy atom. The summed E-state index contributed by atoms with van der Waals surface area (Å²) in [5, 5.41) is 22.6. The molecule has 0 radical (unpaired) electrons. The number of hydrogen-bond donors (Lipinski definition) is 5. The number of anilines is 1. The maximum absolute atomic E-state index is 14.1. The van der Waals surface area contributed by atoms with E-state index in [-0.39, 0.29) is 11.5 Å². The first kappa shape index (κ1) is 14.1. The largest absolute Gasteiger partial charge is 0.394 e. The highest BCUT2D eigenvalue weighted by Crippen LogP contribution is 2.35. The maximum atomic E-state index is 14.1. The topological polar surface area (TPSA) is 135 Å². The Morgan fingerprint density at radius 3 is 2.90 bits per heavy atom. The summed E-state index contributed by atoms with van der Waals surface area (Å²) in [6.07, 6.45) is -4.89. The van der Waals surface area contributed by atoms with Crippen LogP contribution in [0, 0.1) is 0 Å². The minimum absolute atomic E-state index is 0.179. The van der Waals surface area contributed by atoms with E-state index in [4.69, 9.17) is 15.6 Å². The highest BCUT2D eigenvalue weighted by molar-refractivity contribution is 5.99. The average Bonchev–Trinajstić information content (AvgIpc) is 2.92. The van der Waals surface area contributed by atoms with E-state index in [0.29, 0.717) is 0 Å². The van der Waals surface area contributed by atoms with Gasteiger partial charge in [0.25, 0.3) is 5.91 Å². The van der Waals surface area contributed by atoms with Crippen LogP contribution in [0.1, 0.15) is 16.7 Å². The van der Waals surface area contributed by atoms with E-state index in [1.807, 2.05) is 5.32 Å². The standard InChI is InChI=1S/C10H13F2N5O4/c11-4-6(19)3(1-18)21-9(4)17-2-14-5-7(17)15-10(12,13)16-8(5)20/h2-4,6,9,15,18-19H,1,13H2,(H,16,20)/t3-,4-,6-,9-,10?/m1/s1. The second-order valence-electron chi connectivity index (χ2n) is 4.82. The lowest BCUT2D eigenvalue weighted by atomic mass is 10.1. The van der Waals surface area contributed by atoms with Crippen LogP contribution in [0.15, 0.2) is 6.33 Å². The number of ether oxygens (including phenoxy) is 1. The fourth-order valence-corrected chi connectivity index (χ4v) is 2.35. The molecule has 0 aliphatic carbocycles. The number of carbonyl (C=O) groups is 1. The molecule has 1 amide bonds. The normalized spacial score (nSPS) is 38.8. The molecule has 3 heterocycles. The van der Waals surface area contributed by atoms with Crippen LogP contribution in [0.3, 0.4) is 0 Å². The molecule has 21 heavy (non-hydrogen) atoms. The number of imidazole rings is 1. The van der Waals surface area contributed by atoms with Crippen molar-refractivity contribution < 1.29 is 28.5 Å². The summed E-state index contributed by atoms with van der Waals surface area (Å²) >= 11 is 0. The fraction of sp³-hybridized carbons (Fsp3) is 0.600. The smallest absolute Gasteiger partial charge is 0.318 e. The van der Waals surface area contributed by atoms with Gasteiger partial charge in [-0.2, -0.15) is 4.39 Å². The van der Waals surface area contributed by atoms with Gasteiger partial charge in [0.15, 0.2) is 18.1 Å². The number of nitrogens with two attached hydrogens (primary N) is 1. The first-order chi connectivity index (χ1) is 9.84. The molecule has 9 nitrogen and oxygen atoms in total. The third kappa shape index (κ3) is 2.14. The quantitative estimate of drug-likeness (QED) is 0.405. The minimum Gasteiger partial charge on any atom is -0.394 e. The van der Waals surface area contributed by atoms with Gasteiger partial charge >= 0.3 is 6.04 Å². The van der Waals surface area contributed by atoms with Crippen molar-refractivity contribution in [2.75, 3.05) is 11.9 Å². The number of aliphatic hydroxyl groups excluding tert-OH is 2. The number of alkyl halides is 2. The van der Waals surface area contributed by atoms with E-state index >= 15 is 0 Å². The van der Waals surface area contributed by atoms with Crippen molar-refractivity contribution in [3.05, 3.63) is 12.0 Å². The van der Waals surface area contributed by atoms with Crippen molar-refractivity contribution in [2.24, 2.45) is 5.73 Å². The van der Waals surface area contributed by atoms with E-state index < -0.39 is 43.2 Å². The number of aliphatic hydroxyl groups is 2. The van der Waals surface area contributed by atoms with Gasteiger partial charge in [-0.3, -0.25) is 20.4 Å². The molecule has 3 rings (SSSR count). The Balaban J connectivity index is 1.97. The summed E-state index contributed by atoms with van der Waals surface area (Å²) in [5.74, 6) is -1.05. The van der Waals surface area contributed by atoms with E-state index in [2.05, 4.69) is 10.3 Å². The maximum Gasteiger partial charge on any atom is 0.318 e. The number of aromatic nitrogens is 2. The molecule has 0 spiro atoms. The van der Waals surface area contributed by atoms with Gasteiger partial charge in [-0.05, 0) is 0 Å². The van der Waals surface area contributed by atoms with Gasteiger partial charge in [-0.25, -0.2) is 9.37 Å². The van der Waals surface area contributed by atoms with Crippen molar-refractivity contribution in [1.29, 1.82) is 0 Å². The van der Waals surface area contributed by atoms with Crippen molar-refractivity contribution in [1.82, 2.24) is 14.9 Å². The van der Waals surface area contributed by atoms with Gasteiger partial charge in [0.2, 0.25) is 0 Å². The van der Waals surface area contributed by atoms with Crippen molar-refractivity contribution in [3.63, 3.8) is 0 Å². The van der Waals surface area contributed by atoms with E-state index in [1.54, 1.807) is 0 Å². The molecule has 1 fully saturated rings. The van der Waals surface area contributed by atoms with Crippen LogP contribution in [0.2, 0.25) is 0 Å². The van der Waals surface area contributed by atoms with Gasteiger partial charge in [0.05, 0.1) is 12.9 Å². The van der Waals surface area contributed by atoms with Gasteiger partial charge in [-0.1, -0.05) is 0 Å². The summed E-state index contributed by atoms with van der Waals surface area (Å²) in [4.78, 5) is 15.4. The lowest BCUT2D eigenvalue weighted by molar-refractivity contribution is -0.0469. The molecule has 1 saturated heterocycles. The Morgan fingerprint density at radius 1 is 1.57 bits per heavy atom. The average molecular weight is 305 g/mol. The zero-order chi connectivity index (χ0) is 15.4. The summed E-state index contributed by atoms with van der Waals surface area (Å²) in [6, 6.07) is -2.72. The van der Waals surface area contributed by atoms with E-state index in [9.17, 15) is 18.7 Å². The molecule has 11 heteroatoms. The van der Waals surface area contributed by atoms with Crippen LogP contribution in [0.4, 0.5) is 14.6 Å². The molecule has 2 aliphatic rings. The summed E-state index contributed by atoms with van der Waals surface area (Å²) in [6.45, 7) is -0.590. The number of carbonyl (C=O) groups excluding carboxylic acids is 1. The second-order valence-corrected chi connectivity index (χ2v) is 4.82. The Labute approximate surface area is 116 Å². The van der Waals surface area contributed by atoms with Gasteiger partial charge in [-0.15, -0.1) is 0 Å². The van der Waals surface area contributed by atoms with Crippen LogP contribution in [-0.4, -0.2) is 56.7 Å². The van der Waals surface area contributed by atoms with Crippen molar-refractivity contribution >= 4 is 11.7 Å². The van der Waals surface area contributed by atoms with Gasteiger partial charge in [0.1, 0.15) is 18.0 Å². The third-order valence-corrected chi connectivity index (χ3v) is 3.35. The van der Waals surface area contributed by atoms with Gasteiger partial charge in [0, 0.05) is 0 Å². The Hall–Kier alpha value is -1.82. The fourth-order valence-electron chi connectivity index (χ4n) is 2.35. The van der Waals surface area contributed by atoms with E-state index in [1.165, 1.54) is 0 Å². The molecule has 6 N–H and O–H groups in total. The number of halogens is 2. The first-order valence-electron chi connectivity index (χ1n) is 6.08. The SMILES string of the molecule is NC1(F)NC(=O)c2ncn([C@@H]3O[C@H](CO)[C@@H](O)[C@H]3F)c2N1. The number of fused-ring (bicyclic) bond motifs is 1. The lowest BCUT2D eigenvalue weighted by Crippen LogP contribution is -2.61. The Kier molecular flexibility index (Phi) is 3.09. The summed E-state index contributed by atoms with van der Waals surface area (Å²) < 4.78 is 34.0. The van der Waals surface area contributed by atoms with Gasteiger partial charge < -0.3 is 20.3 Å². The van der Waals surface area contributed by atoms with Crippen LogP contribution in [0.5, 0.6) is 0 Å². The first-order valence-corrected chi connectivity index (χ1v) is 6.08.